The van der Waals surface area contributed by atoms with Crippen molar-refractivity contribution in [1.82, 2.24) is 5.32 Å². The number of piperidine rings is 1. The molecule has 2 atom stereocenters. The molecule has 0 radical (unpaired) electrons. The summed E-state index contributed by atoms with van der Waals surface area (Å²) in [6.45, 7) is 2.64. The van der Waals surface area contributed by atoms with Gasteiger partial charge in [0, 0.05) is 0 Å². The minimum atomic E-state index is 1.06. The largest absolute Gasteiger partial charge is 0.316 e. The van der Waals surface area contributed by atoms with E-state index in [-0.39, 0.29) is 0 Å². The highest BCUT2D eigenvalue weighted by Gasteiger charge is 2.39. The summed E-state index contributed by atoms with van der Waals surface area (Å²) in [6, 6.07) is 0. The lowest BCUT2D eigenvalue weighted by atomic mass is 9.61. The smallest absolute Gasteiger partial charge is 0.00151 e. The highest BCUT2D eigenvalue weighted by Crippen LogP contribution is 2.46. The molecular weight excluding hydrogens is 170 g/mol. The van der Waals surface area contributed by atoms with Crippen LogP contribution in [0, 0.1) is 23.7 Å². The Morgan fingerprint density at radius 3 is 1.93 bits per heavy atom. The molecule has 14 heavy (non-hydrogen) atoms. The molecule has 2 aliphatic carbocycles. The molecule has 1 aliphatic heterocycles. The van der Waals surface area contributed by atoms with Gasteiger partial charge in [-0.3, -0.25) is 0 Å². The number of nitrogens with one attached hydrogen (secondary N) is 1. The van der Waals surface area contributed by atoms with Gasteiger partial charge in [-0.1, -0.05) is 38.5 Å². The van der Waals surface area contributed by atoms with Crippen molar-refractivity contribution in [3.05, 3.63) is 0 Å². The average Bonchev–Trinajstić information content (AvgIpc) is 2.01. The second kappa shape index (κ2) is 3.84. The highest BCUT2D eigenvalue weighted by atomic mass is 14.9. The van der Waals surface area contributed by atoms with Crippen LogP contribution in [0.3, 0.4) is 0 Å². The highest BCUT2D eigenvalue weighted by molar-refractivity contribution is 4.91. The van der Waals surface area contributed by atoms with Gasteiger partial charge in [-0.15, -0.1) is 0 Å². The van der Waals surface area contributed by atoms with Crippen LogP contribution in [0.5, 0.6) is 0 Å². The Kier molecular flexibility index (Phi) is 2.53. The summed E-state index contributed by atoms with van der Waals surface area (Å²) in [5.41, 5.74) is 0. The Balaban J connectivity index is 1.64. The average molecular weight is 193 g/mol. The van der Waals surface area contributed by atoms with Crippen LogP contribution in [0.4, 0.5) is 0 Å². The maximum atomic E-state index is 3.62. The summed E-state index contributed by atoms with van der Waals surface area (Å²) in [5.74, 6) is 4.40. The summed E-state index contributed by atoms with van der Waals surface area (Å²) in [5, 5.41) is 3.62. The van der Waals surface area contributed by atoms with E-state index in [1.54, 1.807) is 12.8 Å². The summed E-state index contributed by atoms with van der Waals surface area (Å²) in [4.78, 5) is 0. The Hall–Kier alpha value is -0.0400. The fourth-order valence-corrected chi connectivity index (χ4v) is 3.74. The molecule has 3 fully saturated rings. The van der Waals surface area contributed by atoms with Gasteiger partial charge in [0.1, 0.15) is 0 Å². The first-order chi connectivity index (χ1) is 6.95. The molecule has 0 amide bonds. The van der Waals surface area contributed by atoms with Crippen LogP contribution in [0.2, 0.25) is 0 Å². The van der Waals surface area contributed by atoms with E-state index in [1.807, 2.05) is 0 Å². The van der Waals surface area contributed by atoms with E-state index in [9.17, 15) is 0 Å². The molecule has 2 saturated carbocycles. The first-order valence-corrected chi connectivity index (χ1v) is 6.66. The van der Waals surface area contributed by atoms with Crippen molar-refractivity contribution >= 4 is 0 Å². The van der Waals surface area contributed by atoms with Crippen LogP contribution in [-0.2, 0) is 0 Å². The van der Waals surface area contributed by atoms with E-state index in [0.29, 0.717) is 0 Å². The van der Waals surface area contributed by atoms with E-state index in [0.717, 1.165) is 23.7 Å². The molecule has 3 aliphatic rings. The third kappa shape index (κ3) is 1.50. The SMILES string of the molecule is C1CC(C2CCNCC2C2CCC2)C1. The minimum absolute atomic E-state index is 1.06. The Bertz CT molecular complexity index is 171. The predicted octanol–water partition coefficient (Wildman–Crippen LogP) is 2.81. The molecule has 1 saturated heterocycles. The third-order valence-electron chi connectivity index (χ3n) is 5.10. The van der Waals surface area contributed by atoms with Gasteiger partial charge in [-0.05, 0) is 43.2 Å². The van der Waals surface area contributed by atoms with Crippen molar-refractivity contribution in [3.8, 4) is 0 Å². The first kappa shape index (κ1) is 9.21. The lowest BCUT2D eigenvalue weighted by Crippen LogP contribution is -2.46. The zero-order chi connectivity index (χ0) is 9.38. The molecular formula is C13H23N. The van der Waals surface area contributed by atoms with E-state index in [4.69, 9.17) is 0 Å². The van der Waals surface area contributed by atoms with Gasteiger partial charge >= 0.3 is 0 Å². The number of hydrogen-bond donors (Lipinski definition) is 1. The molecule has 0 bridgehead atoms. The second-order valence-corrected chi connectivity index (χ2v) is 5.70. The minimum Gasteiger partial charge on any atom is -0.316 e. The van der Waals surface area contributed by atoms with Crippen molar-refractivity contribution in [2.75, 3.05) is 13.1 Å². The van der Waals surface area contributed by atoms with E-state index >= 15 is 0 Å². The predicted molar refractivity (Wildman–Crippen MR) is 59.1 cm³/mol. The van der Waals surface area contributed by atoms with Crippen molar-refractivity contribution in [2.45, 2.75) is 44.9 Å². The molecule has 0 aromatic carbocycles. The molecule has 80 valence electrons. The summed E-state index contributed by atoms with van der Waals surface area (Å²) < 4.78 is 0. The second-order valence-electron chi connectivity index (χ2n) is 5.70. The maximum absolute atomic E-state index is 3.62. The number of rotatable bonds is 2. The van der Waals surface area contributed by atoms with Gasteiger partial charge < -0.3 is 5.32 Å². The molecule has 3 rings (SSSR count). The van der Waals surface area contributed by atoms with E-state index in [2.05, 4.69) is 5.32 Å². The Morgan fingerprint density at radius 1 is 0.714 bits per heavy atom. The van der Waals surface area contributed by atoms with E-state index < -0.39 is 0 Å². The zero-order valence-electron chi connectivity index (χ0n) is 9.17. The monoisotopic (exact) mass is 193 g/mol. The van der Waals surface area contributed by atoms with Gasteiger partial charge in [0.25, 0.3) is 0 Å². The van der Waals surface area contributed by atoms with Crippen molar-refractivity contribution < 1.29 is 0 Å². The van der Waals surface area contributed by atoms with Crippen LogP contribution in [0.15, 0.2) is 0 Å². The van der Waals surface area contributed by atoms with Gasteiger partial charge in [-0.2, -0.15) is 0 Å². The lowest BCUT2D eigenvalue weighted by Gasteiger charge is -2.47. The molecule has 0 aromatic rings. The van der Waals surface area contributed by atoms with Gasteiger partial charge in [0.15, 0.2) is 0 Å². The Morgan fingerprint density at radius 2 is 1.36 bits per heavy atom. The molecule has 1 heteroatoms. The van der Waals surface area contributed by atoms with Crippen LogP contribution in [0.25, 0.3) is 0 Å². The van der Waals surface area contributed by atoms with Crippen LogP contribution in [-0.4, -0.2) is 13.1 Å². The molecule has 0 spiro atoms. The molecule has 1 nitrogen and oxygen atoms in total. The standard InChI is InChI=1S/C13H23N/c1-3-10(4-1)12-7-8-14-9-13(12)11-5-2-6-11/h10-14H,1-9H2. The number of hydrogen-bond acceptors (Lipinski definition) is 1. The quantitative estimate of drug-likeness (QED) is 0.711. The topological polar surface area (TPSA) is 12.0 Å². The molecule has 0 aromatic heterocycles. The van der Waals surface area contributed by atoms with Crippen LogP contribution in [0.1, 0.15) is 44.9 Å². The maximum Gasteiger partial charge on any atom is -0.00151 e. The lowest BCUT2D eigenvalue weighted by molar-refractivity contribution is 0.0457. The summed E-state index contributed by atoms with van der Waals surface area (Å²) in [6.07, 6.45) is 10.7. The van der Waals surface area contributed by atoms with Gasteiger partial charge in [0.2, 0.25) is 0 Å². The van der Waals surface area contributed by atoms with Gasteiger partial charge in [-0.25, -0.2) is 0 Å². The van der Waals surface area contributed by atoms with Crippen molar-refractivity contribution in [2.24, 2.45) is 23.7 Å². The van der Waals surface area contributed by atoms with Crippen molar-refractivity contribution in [1.29, 1.82) is 0 Å². The van der Waals surface area contributed by atoms with Crippen LogP contribution < -0.4 is 5.32 Å². The third-order valence-corrected chi connectivity index (χ3v) is 5.10. The van der Waals surface area contributed by atoms with Crippen LogP contribution >= 0.6 is 0 Å². The normalized spacial score (nSPS) is 40.3. The molecule has 1 heterocycles. The van der Waals surface area contributed by atoms with Gasteiger partial charge in [0.05, 0.1) is 0 Å². The zero-order valence-corrected chi connectivity index (χ0v) is 9.17. The van der Waals surface area contributed by atoms with Crippen molar-refractivity contribution in [3.63, 3.8) is 0 Å². The van der Waals surface area contributed by atoms with E-state index in [1.165, 1.54) is 45.2 Å². The fourth-order valence-electron chi connectivity index (χ4n) is 3.74. The molecule has 2 unspecified atom stereocenters. The molecule has 1 N–H and O–H groups in total. The summed E-state index contributed by atoms with van der Waals surface area (Å²) >= 11 is 0. The Labute approximate surface area is 87.7 Å². The summed E-state index contributed by atoms with van der Waals surface area (Å²) in [7, 11) is 0. The first-order valence-electron chi connectivity index (χ1n) is 6.66. The fraction of sp³-hybridized carbons (Fsp3) is 1.00.